The quantitative estimate of drug-likeness (QED) is 0.140. The number of Topliss-reactive ketones (excluding diaryl/α,β-unsaturated/α-hetero) is 1. The fourth-order valence-corrected chi connectivity index (χ4v) is 2.48. The zero-order valence-electron chi connectivity index (χ0n) is 15.9. The van der Waals surface area contributed by atoms with Gasteiger partial charge in [-0.15, -0.1) is 0 Å². The van der Waals surface area contributed by atoms with Crippen LogP contribution in [-0.2, 0) is 16.0 Å². The second-order valence-corrected chi connectivity index (χ2v) is 6.24. The molecule has 0 spiro atoms. The molecule has 0 bridgehead atoms. The Bertz CT molecular complexity index is 1000. The summed E-state index contributed by atoms with van der Waals surface area (Å²) in [6.45, 7) is 0.163. The number of ether oxygens (including phenoxy) is 1. The number of carbonyl (C=O) groups is 3. The average molecular weight is 411 g/mol. The predicted octanol–water partition coefficient (Wildman–Crippen LogP) is 0.260. The minimum atomic E-state index is -1.56. The van der Waals surface area contributed by atoms with Crippen molar-refractivity contribution in [2.75, 3.05) is 13.2 Å². The number of carboxylic acids is 1. The third-order valence-electron chi connectivity index (χ3n) is 4.07. The van der Waals surface area contributed by atoms with Crippen LogP contribution in [0.25, 0.3) is 0 Å². The summed E-state index contributed by atoms with van der Waals surface area (Å²) < 4.78 is 5.59. The highest BCUT2D eigenvalue weighted by molar-refractivity contribution is 6.33. The molecule has 0 aliphatic rings. The van der Waals surface area contributed by atoms with Gasteiger partial charge in [0.1, 0.15) is 24.0 Å². The highest BCUT2D eigenvalue weighted by Crippen LogP contribution is 2.21. The summed E-state index contributed by atoms with van der Waals surface area (Å²) >= 11 is 0. The first-order valence-corrected chi connectivity index (χ1v) is 8.78. The Morgan fingerprint density at radius 1 is 0.933 bits per heavy atom. The van der Waals surface area contributed by atoms with Gasteiger partial charge < -0.3 is 26.6 Å². The summed E-state index contributed by atoms with van der Waals surface area (Å²) in [6, 6.07) is 10.6. The molecule has 0 atom stereocenters. The van der Waals surface area contributed by atoms with Crippen molar-refractivity contribution in [1.29, 1.82) is 10.8 Å². The number of amides is 1. The fourth-order valence-electron chi connectivity index (χ4n) is 2.48. The minimum absolute atomic E-state index is 0.0346. The zero-order chi connectivity index (χ0) is 22.3. The molecule has 10 heteroatoms. The molecule has 10 nitrogen and oxygen atoms in total. The molecule has 2 aromatic carbocycles. The number of carbonyl (C=O) groups excluding carboxylic acids is 2. The van der Waals surface area contributed by atoms with Crippen LogP contribution in [0.3, 0.4) is 0 Å². The Kier molecular flexibility index (Phi) is 7.23. The Morgan fingerprint density at radius 3 is 2.07 bits per heavy atom. The van der Waals surface area contributed by atoms with E-state index in [9.17, 15) is 14.4 Å². The maximum Gasteiger partial charge on any atom is 0.372 e. The highest BCUT2D eigenvalue weighted by atomic mass is 16.5. The molecule has 156 valence electrons. The van der Waals surface area contributed by atoms with E-state index in [0.717, 1.165) is 0 Å². The number of hydrogen-bond acceptors (Lipinski definition) is 6. The normalized spacial score (nSPS) is 10.1. The molecule has 0 fully saturated rings. The van der Waals surface area contributed by atoms with E-state index >= 15 is 0 Å². The Labute approximate surface area is 171 Å². The molecule has 0 aromatic heterocycles. The van der Waals surface area contributed by atoms with Crippen LogP contribution in [0.15, 0.2) is 42.5 Å². The van der Waals surface area contributed by atoms with E-state index in [1.165, 1.54) is 18.2 Å². The van der Waals surface area contributed by atoms with E-state index in [4.69, 9.17) is 32.1 Å². The van der Waals surface area contributed by atoms with Gasteiger partial charge in [-0.3, -0.25) is 20.4 Å². The Hall–Kier alpha value is -4.21. The van der Waals surface area contributed by atoms with Gasteiger partial charge in [0.05, 0.1) is 6.54 Å². The van der Waals surface area contributed by atoms with Crippen molar-refractivity contribution in [1.82, 2.24) is 5.32 Å². The van der Waals surface area contributed by atoms with Crippen LogP contribution in [0.2, 0.25) is 0 Å². The van der Waals surface area contributed by atoms with Crippen LogP contribution in [0, 0.1) is 10.8 Å². The monoisotopic (exact) mass is 411 g/mol. The lowest BCUT2D eigenvalue weighted by Crippen LogP contribution is -2.28. The Balaban J connectivity index is 1.99. The molecule has 0 unspecified atom stereocenters. The van der Waals surface area contributed by atoms with E-state index in [1.54, 1.807) is 24.3 Å². The summed E-state index contributed by atoms with van der Waals surface area (Å²) in [5, 5.41) is 26.3. The first kappa shape index (κ1) is 22.1. The van der Waals surface area contributed by atoms with Gasteiger partial charge >= 0.3 is 5.97 Å². The number of ketones is 1. The maximum absolute atomic E-state index is 12.2. The molecule has 0 aliphatic heterocycles. The number of nitrogen functional groups attached to an aromatic ring is 2. The summed E-state index contributed by atoms with van der Waals surface area (Å²) in [5.74, 6) is -3.01. The molecular formula is C20H21N5O5. The molecule has 0 heterocycles. The van der Waals surface area contributed by atoms with Crippen molar-refractivity contribution in [2.45, 2.75) is 6.42 Å². The SMILES string of the molecule is N=C(N)c1ccc(C(=O)NCCOc2cc(C(=N)N)ccc2CC(=O)C(=O)O)cc1. The molecular weight excluding hydrogens is 390 g/mol. The molecule has 30 heavy (non-hydrogen) atoms. The lowest BCUT2D eigenvalue weighted by molar-refractivity contribution is -0.148. The second kappa shape index (κ2) is 9.82. The standard InChI is InChI=1S/C20H21N5O5/c21-17(22)11-1-3-12(4-2-11)19(27)25-7-8-30-16-10-14(18(23)24)6-5-13(16)9-15(26)20(28)29/h1-6,10H,7-9H2,(H3,21,22)(H3,23,24)(H,25,27)(H,28,29). The van der Waals surface area contributed by atoms with Crippen LogP contribution >= 0.6 is 0 Å². The first-order chi connectivity index (χ1) is 14.2. The topological polar surface area (TPSA) is 192 Å². The number of rotatable bonds is 10. The molecule has 0 saturated carbocycles. The van der Waals surface area contributed by atoms with Gasteiger partial charge in [0.2, 0.25) is 5.78 Å². The molecule has 0 aliphatic carbocycles. The lowest BCUT2D eigenvalue weighted by atomic mass is 10.0. The molecule has 0 saturated heterocycles. The first-order valence-electron chi connectivity index (χ1n) is 8.78. The van der Waals surface area contributed by atoms with Gasteiger partial charge in [-0.2, -0.15) is 0 Å². The van der Waals surface area contributed by atoms with E-state index in [1.807, 2.05) is 0 Å². The number of nitrogens with two attached hydrogens (primary N) is 2. The number of hydrogen-bond donors (Lipinski definition) is 6. The van der Waals surface area contributed by atoms with Gasteiger partial charge in [-0.25, -0.2) is 4.79 Å². The van der Waals surface area contributed by atoms with Crippen molar-refractivity contribution < 1.29 is 24.2 Å². The maximum atomic E-state index is 12.2. The van der Waals surface area contributed by atoms with E-state index < -0.39 is 11.8 Å². The second-order valence-electron chi connectivity index (χ2n) is 6.24. The number of carboxylic acid groups (broad SMARTS) is 1. The molecule has 2 rings (SSSR count). The third-order valence-corrected chi connectivity index (χ3v) is 4.07. The van der Waals surface area contributed by atoms with Crippen molar-refractivity contribution in [2.24, 2.45) is 11.5 Å². The summed E-state index contributed by atoms with van der Waals surface area (Å²) in [5.41, 5.74) is 12.4. The van der Waals surface area contributed by atoms with Gasteiger partial charge in [0.15, 0.2) is 0 Å². The molecule has 2 aromatic rings. The zero-order valence-corrected chi connectivity index (χ0v) is 15.9. The summed E-state index contributed by atoms with van der Waals surface area (Å²) in [7, 11) is 0. The lowest BCUT2D eigenvalue weighted by Gasteiger charge is -2.13. The van der Waals surface area contributed by atoms with Gasteiger partial charge in [-0.1, -0.05) is 24.3 Å². The van der Waals surface area contributed by atoms with E-state index in [2.05, 4.69) is 5.32 Å². The van der Waals surface area contributed by atoms with E-state index in [0.29, 0.717) is 22.3 Å². The highest BCUT2D eigenvalue weighted by Gasteiger charge is 2.16. The number of aliphatic carboxylic acids is 1. The smallest absolute Gasteiger partial charge is 0.372 e. The van der Waals surface area contributed by atoms with Crippen LogP contribution in [-0.4, -0.2) is 47.6 Å². The fraction of sp³-hybridized carbons (Fsp3) is 0.150. The van der Waals surface area contributed by atoms with Gasteiger partial charge in [0.25, 0.3) is 5.91 Å². The minimum Gasteiger partial charge on any atom is -0.491 e. The van der Waals surface area contributed by atoms with Crippen molar-refractivity contribution >= 4 is 29.3 Å². The van der Waals surface area contributed by atoms with E-state index in [-0.39, 0.29) is 42.9 Å². The average Bonchev–Trinajstić information content (AvgIpc) is 2.71. The van der Waals surface area contributed by atoms with Crippen LogP contribution < -0.4 is 21.5 Å². The summed E-state index contributed by atoms with van der Waals surface area (Å²) in [4.78, 5) is 34.5. The van der Waals surface area contributed by atoms with Crippen molar-refractivity contribution in [3.05, 3.63) is 64.7 Å². The number of amidine groups is 2. The van der Waals surface area contributed by atoms with Crippen molar-refractivity contribution in [3.63, 3.8) is 0 Å². The number of benzene rings is 2. The third kappa shape index (κ3) is 5.89. The van der Waals surface area contributed by atoms with Gasteiger partial charge in [-0.05, 0) is 18.2 Å². The van der Waals surface area contributed by atoms with Gasteiger partial charge in [0, 0.05) is 28.7 Å². The molecule has 0 radical (unpaired) electrons. The largest absolute Gasteiger partial charge is 0.491 e. The van der Waals surface area contributed by atoms with Crippen LogP contribution in [0.1, 0.15) is 27.0 Å². The molecule has 1 amide bonds. The molecule has 8 N–H and O–H groups in total. The number of nitrogens with one attached hydrogen (secondary N) is 3. The predicted molar refractivity (Wildman–Crippen MR) is 109 cm³/mol. The van der Waals surface area contributed by atoms with Crippen LogP contribution in [0.4, 0.5) is 0 Å². The van der Waals surface area contributed by atoms with Crippen molar-refractivity contribution in [3.8, 4) is 5.75 Å². The van der Waals surface area contributed by atoms with Crippen LogP contribution in [0.5, 0.6) is 5.75 Å². The summed E-state index contributed by atoms with van der Waals surface area (Å²) in [6.07, 6.45) is -0.377. The Morgan fingerprint density at radius 2 is 1.50 bits per heavy atom.